The first kappa shape index (κ1) is 25.9. The Bertz CT molecular complexity index is 1510. The SMILES string of the molecule is C=CCOC(=O)c1sc(N2C(=O)C(=O)C(=C(O)c3ccc4c(c3)CC(C)O4)C2c2ccc(Br)cc2)nc1C. The van der Waals surface area contributed by atoms with E-state index in [1.807, 2.05) is 6.92 Å². The van der Waals surface area contributed by atoms with Crippen molar-refractivity contribution in [1.82, 2.24) is 4.98 Å². The van der Waals surface area contributed by atoms with Crippen LogP contribution in [0, 0.1) is 6.92 Å². The van der Waals surface area contributed by atoms with E-state index in [-0.39, 0.29) is 34.1 Å². The summed E-state index contributed by atoms with van der Waals surface area (Å²) in [4.78, 5) is 45.3. The van der Waals surface area contributed by atoms with Gasteiger partial charge in [-0.05, 0) is 55.3 Å². The van der Waals surface area contributed by atoms with E-state index in [9.17, 15) is 19.5 Å². The van der Waals surface area contributed by atoms with Gasteiger partial charge in [-0.2, -0.15) is 0 Å². The average molecular weight is 595 g/mol. The standard InChI is InChI=1S/C28H23BrN2O6S/c1-4-11-36-27(35)25-15(3)30-28(38-25)31-22(16-5-8-19(29)9-6-16)21(24(33)26(31)34)23(32)17-7-10-20-18(13-17)12-14(2)37-20/h4-10,13-14,22,32H,1,11-12H2,2-3H3. The highest BCUT2D eigenvalue weighted by Crippen LogP contribution is 2.44. The molecular weight excluding hydrogens is 572 g/mol. The lowest BCUT2D eigenvalue weighted by atomic mass is 9.94. The summed E-state index contributed by atoms with van der Waals surface area (Å²) < 4.78 is 11.7. The minimum atomic E-state index is -0.964. The molecule has 2 aromatic carbocycles. The number of fused-ring (bicyclic) bond motifs is 1. The number of thiazole rings is 1. The fourth-order valence-electron chi connectivity index (χ4n) is 4.59. The predicted molar refractivity (Wildman–Crippen MR) is 146 cm³/mol. The Morgan fingerprint density at radius 1 is 1.29 bits per heavy atom. The third-order valence-electron chi connectivity index (χ3n) is 6.31. The first-order valence-electron chi connectivity index (χ1n) is 11.8. The number of hydrogen-bond acceptors (Lipinski definition) is 8. The summed E-state index contributed by atoms with van der Waals surface area (Å²) in [7, 11) is 0. The van der Waals surface area contributed by atoms with Crippen molar-refractivity contribution in [2.45, 2.75) is 32.4 Å². The van der Waals surface area contributed by atoms with E-state index < -0.39 is 23.7 Å². The van der Waals surface area contributed by atoms with E-state index in [0.29, 0.717) is 23.2 Å². The van der Waals surface area contributed by atoms with Crippen molar-refractivity contribution in [2.75, 3.05) is 11.5 Å². The lowest BCUT2D eigenvalue weighted by Gasteiger charge is -2.23. The van der Waals surface area contributed by atoms with Crippen LogP contribution in [0.1, 0.15) is 45.0 Å². The van der Waals surface area contributed by atoms with E-state index in [1.165, 1.54) is 11.0 Å². The van der Waals surface area contributed by atoms with E-state index in [0.717, 1.165) is 27.1 Å². The topological polar surface area (TPSA) is 106 Å². The molecular formula is C28H23BrN2O6S. The van der Waals surface area contributed by atoms with Gasteiger partial charge in [0.2, 0.25) is 0 Å². The van der Waals surface area contributed by atoms with Crippen molar-refractivity contribution in [2.24, 2.45) is 0 Å². The third kappa shape index (κ3) is 4.54. The average Bonchev–Trinajstić information content (AvgIpc) is 3.54. The molecule has 2 atom stereocenters. The number of ketones is 1. The minimum absolute atomic E-state index is 0.0104. The van der Waals surface area contributed by atoms with Crippen molar-refractivity contribution >= 4 is 55.8 Å². The zero-order valence-electron chi connectivity index (χ0n) is 20.6. The van der Waals surface area contributed by atoms with Crippen LogP contribution in [-0.4, -0.2) is 40.5 Å². The number of aliphatic hydroxyl groups excluding tert-OH is 1. The smallest absolute Gasteiger partial charge is 0.350 e. The molecule has 1 N–H and O–H groups in total. The monoisotopic (exact) mass is 594 g/mol. The van der Waals surface area contributed by atoms with Gasteiger partial charge in [0.1, 0.15) is 29.1 Å². The highest BCUT2D eigenvalue weighted by molar-refractivity contribution is 9.10. The summed E-state index contributed by atoms with van der Waals surface area (Å²) in [5.41, 5.74) is 2.21. The van der Waals surface area contributed by atoms with Gasteiger partial charge in [0.05, 0.1) is 17.3 Å². The molecule has 8 nitrogen and oxygen atoms in total. The molecule has 1 aromatic heterocycles. The number of carbonyl (C=O) groups excluding carboxylic acids is 3. The second-order valence-corrected chi connectivity index (χ2v) is 10.9. The molecule has 1 saturated heterocycles. The van der Waals surface area contributed by atoms with Gasteiger partial charge in [-0.15, -0.1) is 0 Å². The molecule has 10 heteroatoms. The second-order valence-electron chi connectivity index (χ2n) is 8.97. The molecule has 1 fully saturated rings. The van der Waals surface area contributed by atoms with E-state index >= 15 is 0 Å². The van der Waals surface area contributed by atoms with Gasteiger partial charge in [0.15, 0.2) is 5.13 Å². The quantitative estimate of drug-likeness (QED) is 0.132. The van der Waals surface area contributed by atoms with Crippen LogP contribution >= 0.6 is 27.3 Å². The van der Waals surface area contributed by atoms with Crippen LogP contribution in [0.15, 0.2) is 65.2 Å². The number of hydrogen-bond donors (Lipinski definition) is 1. The number of nitrogens with zero attached hydrogens (tertiary/aromatic N) is 2. The van der Waals surface area contributed by atoms with E-state index in [2.05, 4.69) is 27.5 Å². The number of rotatable bonds is 6. The number of carbonyl (C=O) groups is 3. The van der Waals surface area contributed by atoms with Gasteiger partial charge >= 0.3 is 11.9 Å². The number of halogens is 1. The Labute approximate surface area is 231 Å². The Balaban J connectivity index is 1.64. The molecule has 3 heterocycles. The Morgan fingerprint density at radius 2 is 2.03 bits per heavy atom. The van der Waals surface area contributed by atoms with Crippen LogP contribution in [0.2, 0.25) is 0 Å². The molecule has 1 amide bonds. The van der Waals surface area contributed by atoms with Crippen molar-refractivity contribution in [3.63, 3.8) is 0 Å². The Kier molecular flexibility index (Phi) is 6.93. The molecule has 38 heavy (non-hydrogen) atoms. The van der Waals surface area contributed by atoms with Gasteiger partial charge in [-0.3, -0.25) is 14.5 Å². The number of aliphatic hydroxyl groups is 1. The lowest BCUT2D eigenvalue weighted by Crippen LogP contribution is -2.29. The molecule has 0 radical (unpaired) electrons. The number of benzene rings is 2. The summed E-state index contributed by atoms with van der Waals surface area (Å²) in [6.07, 6.45) is 2.13. The largest absolute Gasteiger partial charge is 0.507 e. The van der Waals surface area contributed by atoms with Gasteiger partial charge in [0.25, 0.3) is 5.78 Å². The number of anilines is 1. The molecule has 2 aliphatic heterocycles. The van der Waals surface area contributed by atoms with Crippen LogP contribution in [0.25, 0.3) is 5.76 Å². The number of Topliss-reactive ketones (excluding diaryl/α,β-unsaturated/α-hetero) is 1. The Hall–Kier alpha value is -3.76. The summed E-state index contributed by atoms with van der Waals surface area (Å²) in [5.74, 6) is -1.85. The van der Waals surface area contributed by atoms with Gasteiger partial charge in [0, 0.05) is 16.5 Å². The molecule has 2 aliphatic rings. The molecule has 0 spiro atoms. The van der Waals surface area contributed by atoms with Crippen molar-refractivity contribution in [3.8, 4) is 5.75 Å². The molecule has 0 aliphatic carbocycles. The minimum Gasteiger partial charge on any atom is -0.507 e. The maximum absolute atomic E-state index is 13.4. The van der Waals surface area contributed by atoms with Crippen LogP contribution < -0.4 is 9.64 Å². The van der Waals surface area contributed by atoms with Gasteiger partial charge < -0.3 is 14.6 Å². The maximum atomic E-state index is 13.4. The number of amides is 1. The van der Waals surface area contributed by atoms with Crippen LogP contribution in [-0.2, 0) is 20.7 Å². The van der Waals surface area contributed by atoms with E-state index in [1.54, 1.807) is 49.4 Å². The number of esters is 1. The zero-order valence-corrected chi connectivity index (χ0v) is 23.0. The first-order valence-corrected chi connectivity index (χ1v) is 13.4. The maximum Gasteiger partial charge on any atom is 0.350 e. The van der Waals surface area contributed by atoms with Crippen LogP contribution in [0.5, 0.6) is 5.75 Å². The number of ether oxygens (including phenoxy) is 2. The van der Waals surface area contributed by atoms with Crippen molar-refractivity contribution < 1.29 is 29.0 Å². The molecule has 3 aromatic rings. The Morgan fingerprint density at radius 3 is 2.74 bits per heavy atom. The first-order chi connectivity index (χ1) is 18.2. The zero-order chi connectivity index (χ0) is 27.1. The van der Waals surface area contributed by atoms with Crippen LogP contribution in [0.4, 0.5) is 5.13 Å². The highest BCUT2D eigenvalue weighted by Gasteiger charge is 2.48. The normalized spacial score (nSPS) is 19.8. The molecule has 0 bridgehead atoms. The fourth-order valence-corrected chi connectivity index (χ4v) is 5.84. The molecule has 0 saturated carbocycles. The summed E-state index contributed by atoms with van der Waals surface area (Å²) in [5, 5.41) is 11.6. The molecule has 2 unspecified atom stereocenters. The van der Waals surface area contributed by atoms with Crippen molar-refractivity contribution in [1.29, 1.82) is 0 Å². The molecule has 194 valence electrons. The molecule has 5 rings (SSSR count). The second kappa shape index (κ2) is 10.2. The summed E-state index contributed by atoms with van der Waals surface area (Å²) in [6, 6.07) is 11.3. The van der Waals surface area contributed by atoms with Crippen molar-refractivity contribution in [3.05, 3.63) is 92.4 Å². The fraction of sp³-hybridized carbons (Fsp3) is 0.214. The predicted octanol–water partition coefficient (Wildman–Crippen LogP) is 5.51. The summed E-state index contributed by atoms with van der Waals surface area (Å²) >= 11 is 4.36. The number of aromatic nitrogens is 1. The van der Waals surface area contributed by atoms with Gasteiger partial charge in [-0.1, -0.05) is 52.1 Å². The third-order valence-corrected chi connectivity index (χ3v) is 7.97. The van der Waals surface area contributed by atoms with E-state index in [4.69, 9.17) is 9.47 Å². The lowest BCUT2D eigenvalue weighted by molar-refractivity contribution is -0.132. The number of aryl methyl sites for hydroxylation is 1. The highest BCUT2D eigenvalue weighted by atomic mass is 79.9. The van der Waals surface area contributed by atoms with Gasteiger partial charge in [-0.25, -0.2) is 9.78 Å². The van der Waals surface area contributed by atoms with Crippen LogP contribution in [0.3, 0.4) is 0 Å². The summed E-state index contributed by atoms with van der Waals surface area (Å²) in [6.45, 7) is 7.15.